The molecule has 1 aliphatic carbocycles. The number of halogens is 1. The van der Waals surface area contributed by atoms with Crippen LogP contribution in [-0.4, -0.2) is 111 Å². The summed E-state index contributed by atoms with van der Waals surface area (Å²) >= 11 is 0. The molecule has 10 atom stereocenters. The Balaban J connectivity index is 1.36. The number of anilines is 1. The molecule has 9 aliphatic heterocycles. The van der Waals surface area contributed by atoms with Crippen molar-refractivity contribution in [2.24, 2.45) is 0 Å². The lowest BCUT2D eigenvalue weighted by molar-refractivity contribution is -0.168. The summed E-state index contributed by atoms with van der Waals surface area (Å²) in [5.41, 5.74) is -1.39. The van der Waals surface area contributed by atoms with E-state index in [0.29, 0.717) is 28.8 Å². The average molecular weight is 728 g/mol. The van der Waals surface area contributed by atoms with Gasteiger partial charge in [0.1, 0.15) is 24.2 Å². The molecule has 10 aliphatic rings. The number of nitrogens with zero attached hydrogens (tertiary/aromatic N) is 4. The van der Waals surface area contributed by atoms with E-state index in [0.717, 1.165) is 21.6 Å². The standard InChI is InChI=1S/C32H30FN5O6S4/c1-5-28-24(42)37-19-12-14-10-11-15(33)13-17(14)29(19,20(39)31(37,48-46-28)26(44)36(28)4)30-16-8-6-7-9-18(16)34-22(30)38-23(41)27(2)35(3)25(43)32(38,21(30)40)47-45-27/h6-11,13,19-22,34,39-40H,5,12H2,1-4H3/t19-,20-,21-,22+,27-,28-,29-,30+,31-,32-/m0/s1. The van der Waals surface area contributed by atoms with Gasteiger partial charge in [0, 0.05) is 19.8 Å². The summed E-state index contributed by atoms with van der Waals surface area (Å²) < 4.78 is 15.6. The highest BCUT2D eigenvalue weighted by molar-refractivity contribution is 8.78. The number of likely N-dealkylation sites (N-methyl/N-ethyl adjacent to an activating group) is 2. The van der Waals surface area contributed by atoms with Crippen molar-refractivity contribution in [3.8, 4) is 0 Å². The monoisotopic (exact) mass is 727 g/mol. The first-order chi connectivity index (χ1) is 22.8. The maximum atomic E-state index is 15.6. The minimum absolute atomic E-state index is 0.167. The van der Waals surface area contributed by atoms with E-state index < -0.39 is 78.3 Å². The van der Waals surface area contributed by atoms with Crippen LogP contribution in [0.3, 0.4) is 0 Å². The van der Waals surface area contributed by atoms with Crippen LogP contribution < -0.4 is 5.32 Å². The van der Waals surface area contributed by atoms with E-state index in [9.17, 15) is 29.4 Å². The summed E-state index contributed by atoms with van der Waals surface area (Å²) in [7, 11) is 7.84. The van der Waals surface area contributed by atoms with Crippen LogP contribution in [0.4, 0.5) is 10.1 Å². The minimum Gasteiger partial charge on any atom is -0.388 e. The van der Waals surface area contributed by atoms with Crippen molar-refractivity contribution in [2.45, 2.75) is 81.4 Å². The molecule has 12 rings (SSSR count). The van der Waals surface area contributed by atoms with Crippen molar-refractivity contribution < 1.29 is 33.8 Å². The highest BCUT2D eigenvalue weighted by Gasteiger charge is 2.92. The number of carbonyl (C=O) groups excluding carboxylic acids is 4. The number of rotatable bonds is 2. The molecule has 4 bridgehead atoms. The number of para-hydroxylation sites is 1. The van der Waals surface area contributed by atoms with Crippen LogP contribution in [0.5, 0.6) is 0 Å². The Hall–Kier alpha value is -2.63. The fourth-order valence-corrected chi connectivity index (χ4v) is 18.1. The molecule has 0 unspecified atom stereocenters. The van der Waals surface area contributed by atoms with Crippen LogP contribution in [-0.2, 0) is 36.4 Å². The van der Waals surface area contributed by atoms with Gasteiger partial charge in [-0.15, -0.1) is 0 Å². The van der Waals surface area contributed by atoms with E-state index in [4.69, 9.17) is 0 Å². The lowest BCUT2D eigenvalue weighted by Crippen LogP contribution is -2.77. The highest BCUT2D eigenvalue weighted by atomic mass is 33.1. The van der Waals surface area contributed by atoms with Gasteiger partial charge in [-0.1, -0.05) is 52.8 Å². The number of piperazine rings is 2. The number of hydrogen-bond donors (Lipinski definition) is 3. The second kappa shape index (κ2) is 8.62. The second-order valence-electron chi connectivity index (χ2n) is 14.1. The molecule has 0 radical (unpaired) electrons. The van der Waals surface area contributed by atoms with Crippen LogP contribution in [0.15, 0.2) is 42.5 Å². The van der Waals surface area contributed by atoms with Gasteiger partial charge in [0.05, 0.1) is 16.9 Å². The predicted molar refractivity (Wildman–Crippen MR) is 180 cm³/mol. The second-order valence-corrected chi connectivity index (χ2v) is 19.5. The number of nitrogens with one attached hydrogen (secondary N) is 1. The molecule has 0 saturated carbocycles. The van der Waals surface area contributed by atoms with Gasteiger partial charge in [0.25, 0.3) is 23.6 Å². The van der Waals surface area contributed by atoms with E-state index in [-0.39, 0.29) is 12.3 Å². The molecule has 4 amide bonds. The summed E-state index contributed by atoms with van der Waals surface area (Å²) in [6, 6.07) is 10.6. The Bertz CT molecular complexity index is 1970. The van der Waals surface area contributed by atoms with Crippen LogP contribution in [0, 0.1) is 5.82 Å². The molecule has 16 heteroatoms. The topological polar surface area (TPSA) is 134 Å². The zero-order chi connectivity index (χ0) is 33.7. The van der Waals surface area contributed by atoms with E-state index in [1.807, 2.05) is 19.1 Å². The van der Waals surface area contributed by atoms with Gasteiger partial charge >= 0.3 is 0 Å². The highest BCUT2D eigenvalue weighted by Crippen LogP contribution is 2.78. The SMILES string of the molecule is CC[C@@]12SS[C@]3(C(=O)N1C)[C@@H](O)[C@]1([C@@]45c6ccccc6N[C@@H]4N4C(=O)[C@]6(C)SS[C@]4(C(=O)N6C)[C@H]5O)c4cc(F)ccc4C[C@@H]1N3C2=O. The normalized spacial score (nSPS) is 45.7. The van der Waals surface area contributed by atoms with Crippen molar-refractivity contribution >= 4 is 72.5 Å². The smallest absolute Gasteiger partial charge is 0.264 e. The Labute approximate surface area is 290 Å². The molecule has 2 spiro atoms. The zero-order valence-corrected chi connectivity index (χ0v) is 29.4. The molecule has 250 valence electrons. The molecule has 3 N–H and O–H groups in total. The molecule has 8 fully saturated rings. The summed E-state index contributed by atoms with van der Waals surface area (Å²) in [4.78, 5) is 58.5. The van der Waals surface area contributed by atoms with E-state index in [1.165, 1.54) is 53.3 Å². The van der Waals surface area contributed by atoms with Crippen LogP contribution >= 0.6 is 43.2 Å². The number of benzene rings is 2. The molecular formula is C32H30FN5O6S4. The van der Waals surface area contributed by atoms with E-state index in [2.05, 4.69) is 5.32 Å². The summed E-state index contributed by atoms with van der Waals surface area (Å²) in [6.45, 7) is 3.52. The predicted octanol–water partition coefficient (Wildman–Crippen LogP) is 2.03. The number of aliphatic hydroxyl groups is 2. The molecule has 48 heavy (non-hydrogen) atoms. The fourth-order valence-electron chi connectivity index (χ4n) is 10.6. The molecule has 11 nitrogen and oxygen atoms in total. The number of aliphatic hydroxyl groups excluding tert-OH is 2. The Morgan fingerprint density at radius 3 is 2.25 bits per heavy atom. The lowest BCUT2D eigenvalue weighted by Gasteiger charge is -2.59. The van der Waals surface area contributed by atoms with Gasteiger partial charge < -0.3 is 30.2 Å². The van der Waals surface area contributed by atoms with Crippen molar-refractivity contribution in [3.63, 3.8) is 0 Å². The lowest BCUT2D eigenvalue weighted by atomic mass is 9.51. The van der Waals surface area contributed by atoms with Gasteiger partial charge in [-0.25, -0.2) is 4.39 Å². The van der Waals surface area contributed by atoms with Crippen molar-refractivity contribution in [1.82, 2.24) is 19.6 Å². The van der Waals surface area contributed by atoms with Gasteiger partial charge in [0.2, 0.25) is 9.74 Å². The maximum Gasteiger partial charge on any atom is 0.264 e. The van der Waals surface area contributed by atoms with E-state index >= 15 is 4.39 Å². The van der Waals surface area contributed by atoms with Crippen LogP contribution in [0.1, 0.15) is 37.0 Å². The third-order valence-corrected chi connectivity index (χ3v) is 20.3. The first kappa shape index (κ1) is 30.2. The molecule has 0 aromatic heterocycles. The molecule has 8 saturated heterocycles. The molecule has 2 aromatic rings. The minimum atomic E-state index is -1.83. The summed E-state index contributed by atoms with van der Waals surface area (Å²) in [5.74, 6) is -2.24. The third kappa shape index (κ3) is 2.53. The number of hydrogen-bond acceptors (Lipinski definition) is 11. The molecule has 9 heterocycles. The quantitative estimate of drug-likeness (QED) is 0.393. The summed E-state index contributed by atoms with van der Waals surface area (Å²) in [6.07, 6.45) is -3.99. The van der Waals surface area contributed by atoms with Crippen LogP contribution in [0.2, 0.25) is 0 Å². The zero-order valence-electron chi connectivity index (χ0n) is 26.1. The van der Waals surface area contributed by atoms with Gasteiger partial charge in [0.15, 0.2) is 9.74 Å². The van der Waals surface area contributed by atoms with Crippen molar-refractivity contribution in [3.05, 3.63) is 65.0 Å². The van der Waals surface area contributed by atoms with Gasteiger partial charge in [-0.3, -0.25) is 24.1 Å². The maximum absolute atomic E-state index is 15.6. The summed E-state index contributed by atoms with van der Waals surface area (Å²) in [5, 5.41) is 30.2. The Kier molecular flexibility index (Phi) is 5.43. The van der Waals surface area contributed by atoms with E-state index in [1.54, 1.807) is 39.2 Å². The van der Waals surface area contributed by atoms with Gasteiger partial charge in [-0.05, 0) is 76.2 Å². The average Bonchev–Trinajstić information content (AvgIpc) is 3.72. The van der Waals surface area contributed by atoms with Crippen LogP contribution in [0.25, 0.3) is 0 Å². The fraction of sp³-hybridized carbons (Fsp3) is 0.500. The number of fused-ring (bicyclic) bond motifs is 11. The Morgan fingerprint density at radius 1 is 0.833 bits per heavy atom. The first-order valence-electron chi connectivity index (χ1n) is 15.8. The third-order valence-electron chi connectivity index (χ3n) is 12.8. The molecule has 2 aromatic carbocycles. The van der Waals surface area contributed by atoms with Gasteiger partial charge in [-0.2, -0.15) is 0 Å². The van der Waals surface area contributed by atoms with Crippen molar-refractivity contribution in [1.29, 1.82) is 0 Å². The first-order valence-corrected chi connectivity index (χ1v) is 20.1. The number of amides is 4. The number of carbonyl (C=O) groups is 4. The largest absolute Gasteiger partial charge is 0.388 e. The van der Waals surface area contributed by atoms with Crippen molar-refractivity contribution in [2.75, 3.05) is 19.4 Å². The Morgan fingerprint density at radius 2 is 1.50 bits per heavy atom. The molecular weight excluding hydrogens is 698 g/mol.